The zero-order valence-electron chi connectivity index (χ0n) is 23.0. The Kier molecular flexibility index (Phi) is 4.09. The maximum absolute atomic E-state index is 2.55. The van der Waals surface area contributed by atoms with Gasteiger partial charge in [-0.25, -0.2) is 0 Å². The summed E-state index contributed by atoms with van der Waals surface area (Å²) in [6.07, 6.45) is 7.26. The van der Waals surface area contributed by atoms with Gasteiger partial charge in [-0.2, -0.15) is 0 Å². The number of aromatic nitrogens is 1. The Morgan fingerprint density at radius 2 is 1.27 bits per heavy atom. The molecule has 0 N–H and O–H groups in total. The topological polar surface area (TPSA) is 4.93 Å². The fraction of sp³-hybridized carbons (Fsp3) is 0.282. The molecular weight excluding hydrogens is 482 g/mol. The number of benzene rings is 5. The largest absolute Gasteiger partial charge is 0.343 e. The Hall–Kier alpha value is -3.84. The van der Waals surface area contributed by atoms with Gasteiger partial charge in [-0.05, 0) is 113 Å². The molecule has 1 heteroatoms. The molecule has 1 nitrogen and oxygen atoms in total. The van der Waals surface area contributed by atoms with Crippen LogP contribution in [0.25, 0.3) is 54.8 Å². The first-order valence-corrected chi connectivity index (χ1v) is 15.3. The lowest BCUT2D eigenvalue weighted by atomic mass is 9.43. The number of fused-ring (bicyclic) bond motifs is 8. The predicted octanol–water partition coefficient (Wildman–Crippen LogP) is 9.87. The fourth-order valence-electron chi connectivity index (χ4n) is 10.5. The summed E-state index contributed by atoms with van der Waals surface area (Å²) in [7, 11) is 2.22. The van der Waals surface area contributed by atoms with E-state index in [1.807, 2.05) is 0 Å². The van der Waals surface area contributed by atoms with E-state index < -0.39 is 0 Å². The van der Waals surface area contributed by atoms with Crippen molar-refractivity contribution >= 4 is 32.6 Å². The van der Waals surface area contributed by atoms with Crippen LogP contribution in [0.4, 0.5) is 0 Å². The molecule has 1 aromatic heterocycles. The van der Waals surface area contributed by atoms with E-state index in [2.05, 4.69) is 109 Å². The normalized spacial score (nSPS) is 27.7. The number of hydrogen-bond donors (Lipinski definition) is 0. The third-order valence-corrected chi connectivity index (χ3v) is 11.8. The zero-order valence-corrected chi connectivity index (χ0v) is 23.0. The first kappa shape index (κ1) is 21.9. The minimum absolute atomic E-state index is 0.249. The van der Waals surface area contributed by atoms with Gasteiger partial charge < -0.3 is 4.57 Å². The van der Waals surface area contributed by atoms with Crippen molar-refractivity contribution in [3.8, 4) is 22.3 Å². The van der Waals surface area contributed by atoms with E-state index in [4.69, 9.17) is 0 Å². The second-order valence-corrected chi connectivity index (χ2v) is 13.5. The molecule has 0 saturated heterocycles. The van der Waals surface area contributed by atoms with Crippen molar-refractivity contribution in [3.05, 3.63) is 108 Å². The van der Waals surface area contributed by atoms with E-state index in [0.717, 1.165) is 23.7 Å². The first-order valence-electron chi connectivity index (χ1n) is 15.3. The van der Waals surface area contributed by atoms with Gasteiger partial charge in [-0.3, -0.25) is 0 Å². The zero-order chi connectivity index (χ0) is 26.2. The van der Waals surface area contributed by atoms with E-state index >= 15 is 0 Å². The smallest absolute Gasteiger partial charge is 0.0568 e. The molecule has 0 unspecified atom stereocenters. The highest BCUT2D eigenvalue weighted by Crippen LogP contribution is 2.69. The molecule has 11 rings (SSSR count). The summed E-state index contributed by atoms with van der Waals surface area (Å²) in [5.74, 6) is 3.60. The van der Waals surface area contributed by atoms with Gasteiger partial charge in [0.1, 0.15) is 0 Å². The maximum Gasteiger partial charge on any atom is 0.0568 e. The molecule has 1 spiro atoms. The third kappa shape index (κ3) is 2.56. The molecule has 5 aliphatic rings. The van der Waals surface area contributed by atoms with E-state index in [1.54, 1.807) is 11.1 Å². The molecule has 40 heavy (non-hydrogen) atoms. The first-order chi connectivity index (χ1) is 19.7. The summed E-state index contributed by atoms with van der Waals surface area (Å²) in [4.78, 5) is 0. The average Bonchev–Trinajstić information content (AvgIpc) is 3.45. The fourth-order valence-corrected chi connectivity index (χ4v) is 10.5. The number of hydrogen-bond acceptors (Lipinski definition) is 0. The van der Waals surface area contributed by atoms with Crippen LogP contribution in [0.1, 0.15) is 43.2 Å². The van der Waals surface area contributed by atoms with Crippen LogP contribution in [0.5, 0.6) is 0 Å². The monoisotopic (exact) mass is 515 g/mol. The van der Waals surface area contributed by atoms with E-state index in [-0.39, 0.29) is 5.41 Å². The van der Waals surface area contributed by atoms with E-state index in [1.165, 1.54) is 86.9 Å². The van der Waals surface area contributed by atoms with Gasteiger partial charge in [-0.1, -0.05) is 78.9 Å². The van der Waals surface area contributed by atoms with Crippen molar-refractivity contribution in [2.45, 2.75) is 37.5 Å². The molecule has 4 saturated carbocycles. The van der Waals surface area contributed by atoms with E-state index in [0.29, 0.717) is 0 Å². The van der Waals surface area contributed by atoms with Crippen LogP contribution in [0.2, 0.25) is 0 Å². The second kappa shape index (κ2) is 7.46. The maximum atomic E-state index is 2.55. The van der Waals surface area contributed by atoms with Crippen molar-refractivity contribution in [3.63, 3.8) is 0 Å². The Morgan fingerprint density at radius 1 is 0.575 bits per heavy atom. The van der Waals surface area contributed by atoms with Crippen LogP contribution in [-0.4, -0.2) is 4.57 Å². The summed E-state index contributed by atoms with van der Waals surface area (Å²) in [5, 5.41) is 5.32. The van der Waals surface area contributed by atoms with Crippen molar-refractivity contribution in [2.24, 2.45) is 30.7 Å². The number of nitrogens with zero attached hydrogens (tertiary/aromatic N) is 1. The van der Waals surface area contributed by atoms with Crippen molar-refractivity contribution in [1.29, 1.82) is 0 Å². The standard InChI is InChI=1S/C39H33N/c1-40-37-15-12-27(22-34(37)32-13-10-25-6-2-3-7-30(25)38(32)40)26-11-14-36-33(21-26)31-8-4-5-9-35(31)39(36)28-17-23-16-24(19-28)20-29(39)18-23/h2-15,21-24,28-29H,16-20H2,1H3. The molecule has 1 heterocycles. The van der Waals surface area contributed by atoms with Gasteiger partial charge in [0.15, 0.2) is 0 Å². The summed E-state index contributed by atoms with van der Waals surface area (Å²) in [6, 6.07) is 37.5. The van der Waals surface area contributed by atoms with Crippen LogP contribution in [0.15, 0.2) is 97.1 Å². The number of aryl methyl sites for hydroxylation is 1. The van der Waals surface area contributed by atoms with Gasteiger partial charge in [0.2, 0.25) is 0 Å². The third-order valence-electron chi connectivity index (χ3n) is 11.8. The molecule has 4 fully saturated rings. The molecular formula is C39H33N. The Bertz CT molecular complexity index is 2010. The van der Waals surface area contributed by atoms with Gasteiger partial charge in [0.05, 0.1) is 5.52 Å². The van der Waals surface area contributed by atoms with Crippen LogP contribution < -0.4 is 0 Å². The highest BCUT2D eigenvalue weighted by molar-refractivity contribution is 6.18. The van der Waals surface area contributed by atoms with Gasteiger partial charge in [0, 0.05) is 34.1 Å². The predicted molar refractivity (Wildman–Crippen MR) is 167 cm³/mol. The molecule has 5 aromatic carbocycles. The molecule has 5 aliphatic carbocycles. The van der Waals surface area contributed by atoms with Crippen LogP contribution in [0, 0.1) is 23.7 Å². The van der Waals surface area contributed by atoms with Crippen LogP contribution in [0.3, 0.4) is 0 Å². The molecule has 0 atom stereocenters. The SMILES string of the molecule is Cn1c2ccc(-c3ccc4c(c3)-c3ccccc3C43C4CC5CC(C4)CC3C5)cc2c2ccc3ccccc3c21. The minimum atomic E-state index is 0.249. The van der Waals surface area contributed by atoms with Crippen LogP contribution in [-0.2, 0) is 12.5 Å². The summed E-state index contributed by atoms with van der Waals surface area (Å²) in [5.41, 5.74) is 11.8. The van der Waals surface area contributed by atoms with Gasteiger partial charge in [-0.15, -0.1) is 0 Å². The molecule has 0 aliphatic heterocycles. The quantitative estimate of drug-likeness (QED) is 0.205. The summed E-state index contributed by atoms with van der Waals surface area (Å²) < 4.78 is 2.38. The average molecular weight is 516 g/mol. The second-order valence-electron chi connectivity index (χ2n) is 13.5. The van der Waals surface area contributed by atoms with Crippen molar-refractivity contribution < 1.29 is 0 Å². The molecule has 6 aromatic rings. The molecule has 0 amide bonds. The van der Waals surface area contributed by atoms with Crippen molar-refractivity contribution in [2.75, 3.05) is 0 Å². The minimum Gasteiger partial charge on any atom is -0.343 e. The van der Waals surface area contributed by atoms with Gasteiger partial charge in [0.25, 0.3) is 0 Å². The molecule has 0 radical (unpaired) electrons. The summed E-state index contributed by atoms with van der Waals surface area (Å²) in [6.45, 7) is 0. The van der Waals surface area contributed by atoms with Crippen LogP contribution >= 0.6 is 0 Å². The lowest BCUT2D eigenvalue weighted by Gasteiger charge is -2.61. The Labute approximate surface area is 235 Å². The molecule has 4 bridgehead atoms. The molecule has 194 valence electrons. The highest BCUT2D eigenvalue weighted by Gasteiger charge is 2.61. The van der Waals surface area contributed by atoms with E-state index in [9.17, 15) is 0 Å². The Morgan fingerprint density at radius 3 is 2.12 bits per heavy atom. The lowest BCUT2D eigenvalue weighted by Crippen LogP contribution is -2.55. The highest BCUT2D eigenvalue weighted by atomic mass is 14.9. The number of rotatable bonds is 1. The lowest BCUT2D eigenvalue weighted by molar-refractivity contribution is -0.0399. The van der Waals surface area contributed by atoms with Gasteiger partial charge >= 0.3 is 0 Å². The Balaban J connectivity index is 1.17. The summed E-state index contributed by atoms with van der Waals surface area (Å²) >= 11 is 0. The van der Waals surface area contributed by atoms with Crippen molar-refractivity contribution in [1.82, 2.24) is 4.57 Å².